The molecule has 1 rings (SSSR count). The highest BCUT2D eigenvalue weighted by atomic mass is 79.9. The molecule has 0 amide bonds. The molecule has 0 saturated heterocycles. The van der Waals surface area contributed by atoms with E-state index in [2.05, 4.69) is 66.8 Å². The van der Waals surface area contributed by atoms with E-state index in [0.29, 0.717) is 11.8 Å². The van der Waals surface area contributed by atoms with Gasteiger partial charge in [0, 0.05) is 23.8 Å². The van der Waals surface area contributed by atoms with Crippen LogP contribution in [-0.2, 0) is 0 Å². The molecule has 0 heterocycles. The molecule has 0 fully saturated rings. The Balaban J connectivity index is 2.81. The van der Waals surface area contributed by atoms with Crippen LogP contribution >= 0.6 is 15.9 Å². The van der Waals surface area contributed by atoms with E-state index in [4.69, 9.17) is 5.73 Å². The smallest absolute Gasteiger partial charge is 0.0404 e. The Morgan fingerprint density at radius 1 is 1.35 bits per heavy atom. The SMILES string of the molecule is Cc1ccc(Br)cc1N(C)CC(CN)C(C)C. The third-order valence-electron chi connectivity index (χ3n) is 3.34. The zero-order valence-electron chi connectivity index (χ0n) is 11.2. The minimum atomic E-state index is 0.540. The number of nitrogens with zero attached hydrogens (tertiary/aromatic N) is 1. The Hall–Kier alpha value is -0.540. The van der Waals surface area contributed by atoms with Crippen LogP contribution in [0.4, 0.5) is 5.69 Å². The molecule has 0 saturated carbocycles. The molecule has 17 heavy (non-hydrogen) atoms. The first kappa shape index (κ1) is 14.5. The summed E-state index contributed by atoms with van der Waals surface area (Å²) in [6.45, 7) is 8.36. The zero-order valence-corrected chi connectivity index (χ0v) is 12.8. The third kappa shape index (κ3) is 4.00. The summed E-state index contributed by atoms with van der Waals surface area (Å²) < 4.78 is 1.12. The average Bonchev–Trinajstić information content (AvgIpc) is 2.28. The van der Waals surface area contributed by atoms with Gasteiger partial charge < -0.3 is 10.6 Å². The van der Waals surface area contributed by atoms with Crippen LogP contribution < -0.4 is 10.6 Å². The van der Waals surface area contributed by atoms with E-state index in [-0.39, 0.29) is 0 Å². The van der Waals surface area contributed by atoms with E-state index in [1.165, 1.54) is 11.3 Å². The van der Waals surface area contributed by atoms with E-state index in [0.717, 1.165) is 17.6 Å². The Morgan fingerprint density at radius 3 is 2.53 bits per heavy atom. The van der Waals surface area contributed by atoms with Crippen LogP contribution in [-0.4, -0.2) is 20.1 Å². The molecule has 3 heteroatoms. The molecular formula is C14H23BrN2. The maximum absolute atomic E-state index is 5.83. The van der Waals surface area contributed by atoms with Crippen molar-refractivity contribution in [3.63, 3.8) is 0 Å². The second-order valence-electron chi connectivity index (χ2n) is 5.05. The number of hydrogen-bond donors (Lipinski definition) is 1. The predicted octanol–water partition coefficient (Wildman–Crippen LogP) is 3.42. The van der Waals surface area contributed by atoms with Crippen molar-refractivity contribution in [2.75, 3.05) is 25.0 Å². The van der Waals surface area contributed by atoms with Gasteiger partial charge in [-0.3, -0.25) is 0 Å². The van der Waals surface area contributed by atoms with E-state index in [1.807, 2.05) is 0 Å². The fraction of sp³-hybridized carbons (Fsp3) is 0.571. The lowest BCUT2D eigenvalue weighted by atomic mass is 9.95. The van der Waals surface area contributed by atoms with Crippen LogP contribution in [0.3, 0.4) is 0 Å². The highest BCUT2D eigenvalue weighted by molar-refractivity contribution is 9.10. The van der Waals surface area contributed by atoms with E-state index in [1.54, 1.807) is 0 Å². The molecule has 0 spiro atoms. The second kappa shape index (κ2) is 6.41. The zero-order chi connectivity index (χ0) is 13.0. The fourth-order valence-electron chi connectivity index (χ4n) is 2.00. The van der Waals surface area contributed by atoms with Crippen LogP contribution in [0.1, 0.15) is 19.4 Å². The average molecular weight is 299 g/mol. The first-order valence-electron chi connectivity index (χ1n) is 6.13. The van der Waals surface area contributed by atoms with Crippen molar-refractivity contribution in [3.8, 4) is 0 Å². The topological polar surface area (TPSA) is 29.3 Å². The third-order valence-corrected chi connectivity index (χ3v) is 3.83. The molecular weight excluding hydrogens is 276 g/mol. The quantitative estimate of drug-likeness (QED) is 0.902. The predicted molar refractivity (Wildman–Crippen MR) is 79.5 cm³/mol. The first-order valence-corrected chi connectivity index (χ1v) is 6.92. The molecule has 96 valence electrons. The number of halogens is 1. The normalized spacial score (nSPS) is 12.9. The van der Waals surface area contributed by atoms with Gasteiger partial charge in [0.2, 0.25) is 0 Å². The van der Waals surface area contributed by atoms with Gasteiger partial charge in [-0.1, -0.05) is 35.8 Å². The minimum absolute atomic E-state index is 0.540. The van der Waals surface area contributed by atoms with Crippen molar-refractivity contribution in [3.05, 3.63) is 28.2 Å². The summed E-state index contributed by atoms with van der Waals surface area (Å²) in [7, 11) is 2.14. The molecule has 0 bridgehead atoms. The molecule has 1 aromatic rings. The molecule has 1 aromatic carbocycles. The van der Waals surface area contributed by atoms with E-state index in [9.17, 15) is 0 Å². The van der Waals surface area contributed by atoms with Gasteiger partial charge in [0.1, 0.15) is 0 Å². The summed E-state index contributed by atoms with van der Waals surface area (Å²) in [4.78, 5) is 2.30. The lowest BCUT2D eigenvalue weighted by Gasteiger charge is -2.28. The monoisotopic (exact) mass is 298 g/mol. The summed E-state index contributed by atoms with van der Waals surface area (Å²) in [5.74, 6) is 1.16. The Morgan fingerprint density at radius 2 is 2.00 bits per heavy atom. The molecule has 0 aromatic heterocycles. The van der Waals surface area contributed by atoms with Gasteiger partial charge in [-0.25, -0.2) is 0 Å². The maximum atomic E-state index is 5.83. The van der Waals surface area contributed by atoms with E-state index < -0.39 is 0 Å². The summed E-state index contributed by atoms with van der Waals surface area (Å²) in [5, 5.41) is 0. The highest BCUT2D eigenvalue weighted by Gasteiger charge is 2.15. The largest absolute Gasteiger partial charge is 0.374 e. The molecule has 1 atom stereocenters. The Kier molecular flexibility index (Phi) is 5.47. The molecule has 2 nitrogen and oxygen atoms in total. The van der Waals surface area contributed by atoms with Crippen LogP contribution in [0.15, 0.2) is 22.7 Å². The number of benzene rings is 1. The first-order chi connectivity index (χ1) is 7.95. The van der Waals surface area contributed by atoms with Crippen LogP contribution in [0.2, 0.25) is 0 Å². The summed E-state index contributed by atoms with van der Waals surface area (Å²) in [6, 6.07) is 6.39. The van der Waals surface area contributed by atoms with Gasteiger partial charge >= 0.3 is 0 Å². The Labute approximate surface area is 113 Å². The molecule has 0 aliphatic carbocycles. The summed E-state index contributed by atoms with van der Waals surface area (Å²) in [5.41, 5.74) is 8.41. The number of hydrogen-bond acceptors (Lipinski definition) is 2. The van der Waals surface area contributed by atoms with Crippen LogP contribution in [0.5, 0.6) is 0 Å². The standard InChI is InChI=1S/C14H23BrN2/c1-10(2)12(8-16)9-17(4)14-7-13(15)6-5-11(14)3/h5-7,10,12H,8-9,16H2,1-4H3. The number of nitrogens with two attached hydrogens (primary N) is 1. The van der Waals surface area contributed by atoms with Crippen molar-refractivity contribution in [2.45, 2.75) is 20.8 Å². The number of rotatable bonds is 5. The van der Waals surface area contributed by atoms with Gasteiger partial charge in [-0.05, 0) is 43.0 Å². The van der Waals surface area contributed by atoms with Gasteiger partial charge in [0.05, 0.1) is 0 Å². The van der Waals surface area contributed by atoms with Crippen LogP contribution in [0.25, 0.3) is 0 Å². The van der Waals surface area contributed by atoms with Gasteiger partial charge in [0.15, 0.2) is 0 Å². The molecule has 0 aliphatic rings. The highest BCUT2D eigenvalue weighted by Crippen LogP contribution is 2.25. The van der Waals surface area contributed by atoms with Gasteiger partial charge in [0.25, 0.3) is 0 Å². The maximum Gasteiger partial charge on any atom is 0.0404 e. The molecule has 1 unspecified atom stereocenters. The van der Waals surface area contributed by atoms with Crippen LogP contribution in [0, 0.1) is 18.8 Å². The lowest BCUT2D eigenvalue weighted by Crippen LogP contribution is -2.33. The number of anilines is 1. The molecule has 2 N–H and O–H groups in total. The van der Waals surface area contributed by atoms with Gasteiger partial charge in [-0.15, -0.1) is 0 Å². The van der Waals surface area contributed by atoms with Crippen molar-refractivity contribution >= 4 is 21.6 Å². The summed E-state index contributed by atoms with van der Waals surface area (Å²) in [6.07, 6.45) is 0. The fourth-order valence-corrected chi connectivity index (χ4v) is 2.35. The van der Waals surface area contributed by atoms with Crippen molar-refractivity contribution < 1.29 is 0 Å². The second-order valence-corrected chi connectivity index (χ2v) is 5.97. The van der Waals surface area contributed by atoms with Gasteiger partial charge in [-0.2, -0.15) is 0 Å². The van der Waals surface area contributed by atoms with Crippen molar-refractivity contribution in [1.29, 1.82) is 0 Å². The van der Waals surface area contributed by atoms with Crippen molar-refractivity contribution in [1.82, 2.24) is 0 Å². The number of aryl methyl sites for hydroxylation is 1. The van der Waals surface area contributed by atoms with Crippen molar-refractivity contribution in [2.24, 2.45) is 17.6 Å². The summed E-state index contributed by atoms with van der Waals surface area (Å²) >= 11 is 3.53. The Bertz CT molecular complexity index is 363. The minimum Gasteiger partial charge on any atom is -0.374 e. The molecule has 0 radical (unpaired) electrons. The lowest BCUT2D eigenvalue weighted by molar-refractivity contribution is 0.397. The molecule has 0 aliphatic heterocycles. The van der Waals surface area contributed by atoms with E-state index >= 15 is 0 Å².